The molecule has 0 saturated carbocycles. The fourth-order valence-electron chi connectivity index (χ4n) is 1.75. The SMILES string of the molecule is Cc1cc(Br)oc1C(=O)N(CCC(=O)O)CC(C)C. The molecule has 0 bridgehead atoms. The summed E-state index contributed by atoms with van der Waals surface area (Å²) in [6.07, 6.45) is -0.0701. The van der Waals surface area contributed by atoms with Crippen LogP contribution < -0.4 is 0 Å². The average molecular weight is 332 g/mol. The molecule has 0 atom stereocenters. The quantitative estimate of drug-likeness (QED) is 0.869. The predicted molar refractivity (Wildman–Crippen MR) is 74.1 cm³/mol. The van der Waals surface area contributed by atoms with Crippen LogP contribution >= 0.6 is 15.9 Å². The molecule has 19 heavy (non-hydrogen) atoms. The first-order chi connectivity index (χ1) is 8.81. The summed E-state index contributed by atoms with van der Waals surface area (Å²) in [5, 5.41) is 8.74. The molecular formula is C13H18BrNO4. The van der Waals surface area contributed by atoms with E-state index in [-0.39, 0.29) is 30.6 Å². The molecule has 0 aliphatic carbocycles. The lowest BCUT2D eigenvalue weighted by atomic mass is 10.1. The maximum Gasteiger partial charge on any atom is 0.305 e. The molecule has 0 aromatic carbocycles. The maximum atomic E-state index is 12.3. The highest BCUT2D eigenvalue weighted by Gasteiger charge is 2.23. The molecule has 1 rings (SSSR count). The topological polar surface area (TPSA) is 70.8 Å². The Balaban J connectivity index is 2.86. The van der Waals surface area contributed by atoms with Gasteiger partial charge in [-0.2, -0.15) is 0 Å². The number of carbonyl (C=O) groups is 2. The summed E-state index contributed by atoms with van der Waals surface area (Å²) in [7, 11) is 0. The molecule has 0 unspecified atom stereocenters. The zero-order chi connectivity index (χ0) is 14.6. The zero-order valence-corrected chi connectivity index (χ0v) is 12.9. The van der Waals surface area contributed by atoms with Gasteiger partial charge in [-0.05, 0) is 34.8 Å². The van der Waals surface area contributed by atoms with Crippen LogP contribution in [0.5, 0.6) is 0 Å². The van der Waals surface area contributed by atoms with Gasteiger partial charge in [0.15, 0.2) is 10.4 Å². The first-order valence-electron chi connectivity index (χ1n) is 6.08. The smallest absolute Gasteiger partial charge is 0.305 e. The Morgan fingerprint density at radius 3 is 2.53 bits per heavy atom. The molecule has 1 aromatic heterocycles. The molecule has 0 saturated heterocycles. The van der Waals surface area contributed by atoms with Crippen molar-refractivity contribution in [1.29, 1.82) is 0 Å². The normalized spacial score (nSPS) is 10.8. The van der Waals surface area contributed by atoms with Gasteiger partial charge in [0.05, 0.1) is 6.42 Å². The highest BCUT2D eigenvalue weighted by atomic mass is 79.9. The Hall–Kier alpha value is -1.30. The number of hydrogen-bond donors (Lipinski definition) is 1. The van der Waals surface area contributed by atoms with E-state index in [0.29, 0.717) is 11.2 Å². The van der Waals surface area contributed by atoms with E-state index in [1.807, 2.05) is 13.8 Å². The molecule has 1 N–H and O–H groups in total. The zero-order valence-electron chi connectivity index (χ0n) is 11.3. The Labute approximate surface area is 120 Å². The van der Waals surface area contributed by atoms with E-state index < -0.39 is 5.97 Å². The van der Waals surface area contributed by atoms with Crippen molar-refractivity contribution < 1.29 is 19.1 Å². The highest BCUT2D eigenvalue weighted by Crippen LogP contribution is 2.21. The van der Waals surface area contributed by atoms with E-state index in [4.69, 9.17) is 9.52 Å². The molecule has 0 radical (unpaired) electrons. The Morgan fingerprint density at radius 1 is 1.47 bits per heavy atom. The van der Waals surface area contributed by atoms with Gasteiger partial charge in [-0.15, -0.1) is 0 Å². The summed E-state index contributed by atoms with van der Waals surface area (Å²) in [6.45, 7) is 6.43. The van der Waals surface area contributed by atoms with Gasteiger partial charge in [-0.1, -0.05) is 13.8 Å². The van der Waals surface area contributed by atoms with Crippen molar-refractivity contribution in [2.45, 2.75) is 27.2 Å². The first kappa shape index (κ1) is 15.8. The standard InChI is InChI=1S/C13H18BrNO4/c1-8(2)7-15(5-4-11(16)17)13(18)12-9(3)6-10(14)19-12/h6,8H,4-5,7H2,1-3H3,(H,16,17). The summed E-state index contributed by atoms with van der Waals surface area (Å²) in [5.74, 6) is -0.661. The number of halogens is 1. The van der Waals surface area contributed by atoms with Crippen molar-refractivity contribution >= 4 is 27.8 Å². The van der Waals surface area contributed by atoms with Crippen LogP contribution in [0.4, 0.5) is 0 Å². The van der Waals surface area contributed by atoms with Crippen molar-refractivity contribution in [1.82, 2.24) is 4.90 Å². The fraction of sp³-hybridized carbons (Fsp3) is 0.538. The van der Waals surface area contributed by atoms with Gasteiger partial charge in [0.2, 0.25) is 0 Å². The number of carboxylic acid groups (broad SMARTS) is 1. The second-order valence-corrected chi connectivity index (χ2v) is 5.63. The number of carboxylic acids is 1. The molecule has 5 nitrogen and oxygen atoms in total. The number of furan rings is 1. The summed E-state index contributed by atoms with van der Waals surface area (Å²) >= 11 is 3.18. The van der Waals surface area contributed by atoms with Crippen LogP contribution in [-0.2, 0) is 4.79 Å². The molecular weight excluding hydrogens is 314 g/mol. The van der Waals surface area contributed by atoms with Crippen molar-refractivity contribution in [3.05, 3.63) is 22.1 Å². The van der Waals surface area contributed by atoms with Crippen LogP contribution in [0.2, 0.25) is 0 Å². The van der Waals surface area contributed by atoms with E-state index in [1.54, 1.807) is 13.0 Å². The fourth-order valence-corrected chi connectivity index (χ4v) is 2.25. The van der Waals surface area contributed by atoms with Gasteiger partial charge >= 0.3 is 5.97 Å². The van der Waals surface area contributed by atoms with Gasteiger partial charge in [-0.3, -0.25) is 9.59 Å². The summed E-state index contributed by atoms with van der Waals surface area (Å²) in [4.78, 5) is 24.5. The summed E-state index contributed by atoms with van der Waals surface area (Å²) in [5.41, 5.74) is 0.737. The first-order valence-corrected chi connectivity index (χ1v) is 6.87. The van der Waals surface area contributed by atoms with E-state index in [0.717, 1.165) is 5.56 Å². The Morgan fingerprint density at radius 2 is 2.11 bits per heavy atom. The number of nitrogens with zero attached hydrogens (tertiary/aromatic N) is 1. The van der Waals surface area contributed by atoms with E-state index in [2.05, 4.69) is 15.9 Å². The van der Waals surface area contributed by atoms with Crippen molar-refractivity contribution in [3.63, 3.8) is 0 Å². The highest BCUT2D eigenvalue weighted by molar-refractivity contribution is 9.10. The molecule has 106 valence electrons. The Kier molecular flexibility index (Phi) is 5.60. The third kappa shape index (κ3) is 4.70. The van der Waals surface area contributed by atoms with Crippen LogP contribution in [0.15, 0.2) is 15.2 Å². The van der Waals surface area contributed by atoms with Crippen molar-refractivity contribution in [3.8, 4) is 0 Å². The van der Waals surface area contributed by atoms with Crippen LogP contribution in [0.1, 0.15) is 36.4 Å². The lowest BCUT2D eigenvalue weighted by Crippen LogP contribution is -2.36. The number of hydrogen-bond acceptors (Lipinski definition) is 3. The van der Waals surface area contributed by atoms with Crippen LogP contribution in [0, 0.1) is 12.8 Å². The minimum absolute atomic E-state index is 0.0701. The number of amides is 1. The van der Waals surface area contributed by atoms with Gasteiger partial charge < -0.3 is 14.4 Å². The minimum Gasteiger partial charge on any atom is -0.481 e. The maximum absolute atomic E-state index is 12.3. The number of carbonyl (C=O) groups excluding carboxylic acids is 1. The molecule has 6 heteroatoms. The van der Waals surface area contributed by atoms with E-state index >= 15 is 0 Å². The van der Waals surface area contributed by atoms with Crippen LogP contribution in [-0.4, -0.2) is 35.0 Å². The summed E-state index contributed by atoms with van der Waals surface area (Å²) < 4.78 is 5.82. The van der Waals surface area contributed by atoms with E-state index in [1.165, 1.54) is 4.90 Å². The molecule has 0 fully saturated rings. The third-order valence-electron chi connectivity index (χ3n) is 2.55. The molecule has 1 amide bonds. The lowest BCUT2D eigenvalue weighted by Gasteiger charge is -2.23. The number of aryl methyl sites for hydroxylation is 1. The summed E-state index contributed by atoms with van der Waals surface area (Å²) in [6, 6.07) is 1.72. The van der Waals surface area contributed by atoms with Gasteiger partial charge in [0, 0.05) is 18.7 Å². The predicted octanol–water partition coefficient (Wildman–Crippen LogP) is 2.92. The monoisotopic (exact) mass is 331 g/mol. The molecule has 0 aliphatic heterocycles. The minimum atomic E-state index is -0.918. The largest absolute Gasteiger partial charge is 0.481 e. The molecule has 0 spiro atoms. The number of aliphatic carboxylic acids is 1. The second kappa shape index (κ2) is 6.75. The van der Waals surface area contributed by atoms with Crippen LogP contribution in [0.25, 0.3) is 0 Å². The Bertz CT molecular complexity index is 467. The molecule has 1 aromatic rings. The van der Waals surface area contributed by atoms with Gasteiger partial charge in [-0.25, -0.2) is 0 Å². The average Bonchev–Trinajstić information content (AvgIpc) is 2.62. The lowest BCUT2D eigenvalue weighted by molar-refractivity contribution is -0.137. The molecule has 0 aliphatic rings. The molecule has 1 heterocycles. The van der Waals surface area contributed by atoms with Crippen molar-refractivity contribution in [2.24, 2.45) is 5.92 Å². The van der Waals surface area contributed by atoms with E-state index in [9.17, 15) is 9.59 Å². The van der Waals surface area contributed by atoms with Gasteiger partial charge in [0.25, 0.3) is 5.91 Å². The third-order valence-corrected chi connectivity index (χ3v) is 2.94. The van der Waals surface area contributed by atoms with Crippen molar-refractivity contribution in [2.75, 3.05) is 13.1 Å². The number of rotatable bonds is 6. The van der Waals surface area contributed by atoms with Crippen LogP contribution in [0.3, 0.4) is 0 Å². The second-order valence-electron chi connectivity index (χ2n) is 4.85. The van der Waals surface area contributed by atoms with Gasteiger partial charge in [0.1, 0.15) is 0 Å².